The third-order valence-corrected chi connectivity index (χ3v) is 5.03. The molecule has 2 fully saturated rings. The molecule has 1 aromatic heterocycles. The van der Waals surface area contributed by atoms with E-state index in [-0.39, 0.29) is 0 Å². The predicted octanol–water partition coefficient (Wildman–Crippen LogP) is 2.16. The van der Waals surface area contributed by atoms with Crippen LogP contribution >= 0.6 is 22.6 Å². The lowest BCUT2D eigenvalue weighted by Crippen LogP contribution is -2.37. The first-order valence-electron chi connectivity index (χ1n) is 6.91. The Bertz CT molecular complexity index is 456. The zero-order valence-corrected chi connectivity index (χ0v) is 13.1. The van der Waals surface area contributed by atoms with Gasteiger partial charge in [0.05, 0.1) is 22.5 Å². The van der Waals surface area contributed by atoms with Crippen molar-refractivity contribution in [2.45, 2.75) is 31.6 Å². The second kappa shape index (κ2) is 5.78. The molecule has 104 valence electrons. The van der Waals surface area contributed by atoms with E-state index < -0.39 is 0 Å². The highest BCUT2D eigenvalue weighted by atomic mass is 127. The molecule has 0 bridgehead atoms. The van der Waals surface area contributed by atoms with E-state index in [1.165, 1.54) is 25.7 Å². The molecule has 3 rings (SSSR count). The van der Waals surface area contributed by atoms with Gasteiger partial charge in [0.15, 0.2) is 0 Å². The molecular formula is C13H19IN4O. The van der Waals surface area contributed by atoms with Crippen LogP contribution < -0.4 is 10.6 Å². The van der Waals surface area contributed by atoms with Crippen molar-refractivity contribution < 1.29 is 4.74 Å². The van der Waals surface area contributed by atoms with Crippen molar-refractivity contribution in [1.29, 1.82) is 0 Å². The standard InChI is InChI=1S/C13H19IN4O/c14-10-11(9-3-1-2-4-9)16-13(17-12(10)15)18-5-7-19-8-6-18/h9H,1-8H2,(H2,15,16,17). The topological polar surface area (TPSA) is 64.3 Å². The van der Waals surface area contributed by atoms with Crippen LogP contribution in [0.2, 0.25) is 0 Å². The maximum atomic E-state index is 6.08. The average molecular weight is 374 g/mol. The lowest BCUT2D eigenvalue weighted by atomic mass is 10.0. The van der Waals surface area contributed by atoms with Gasteiger partial charge in [0.1, 0.15) is 5.82 Å². The molecule has 6 heteroatoms. The Morgan fingerprint density at radius 1 is 1.16 bits per heavy atom. The monoisotopic (exact) mass is 374 g/mol. The number of anilines is 2. The van der Waals surface area contributed by atoms with E-state index in [4.69, 9.17) is 15.5 Å². The molecule has 0 aromatic carbocycles. The molecule has 1 aromatic rings. The lowest BCUT2D eigenvalue weighted by Gasteiger charge is -2.28. The summed E-state index contributed by atoms with van der Waals surface area (Å²) in [7, 11) is 0. The van der Waals surface area contributed by atoms with E-state index in [0.717, 1.165) is 41.5 Å². The second-order valence-electron chi connectivity index (χ2n) is 5.19. The van der Waals surface area contributed by atoms with Crippen molar-refractivity contribution in [2.24, 2.45) is 0 Å². The summed E-state index contributed by atoms with van der Waals surface area (Å²) in [5, 5.41) is 0. The second-order valence-corrected chi connectivity index (χ2v) is 6.27. The molecule has 0 radical (unpaired) electrons. The number of hydrogen-bond acceptors (Lipinski definition) is 5. The van der Waals surface area contributed by atoms with Gasteiger partial charge >= 0.3 is 0 Å². The zero-order valence-electron chi connectivity index (χ0n) is 10.9. The van der Waals surface area contributed by atoms with Crippen LogP contribution in [0.15, 0.2) is 0 Å². The van der Waals surface area contributed by atoms with Crippen molar-refractivity contribution in [3.8, 4) is 0 Å². The van der Waals surface area contributed by atoms with Gasteiger partial charge in [-0.15, -0.1) is 0 Å². The molecule has 2 aliphatic rings. The lowest BCUT2D eigenvalue weighted by molar-refractivity contribution is 0.122. The fourth-order valence-electron chi connectivity index (χ4n) is 2.84. The minimum atomic E-state index is 0.567. The average Bonchev–Trinajstić information content (AvgIpc) is 2.96. The molecule has 1 saturated carbocycles. The number of nitrogens with two attached hydrogens (primary N) is 1. The first-order chi connectivity index (χ1) is 9.25. The summed E-state index contributed by atoms with van der Waals surface area (Å²) >= 11 is 2.29. The fourth-order valence-corrected chi connectivity index (χ4v) is 3.53. The van der Waals surface area contributed by atoms with Crippen LogP contribution in [-0.2, 0) is 4.74 Å². The molecule has 0 amide bonds. The highest BCUT2D eigenvalue weighted by Gasteiger charge is 2.25. The summed E-state index contributed by atoms with van der Waals surface area (Å²) in [6.45, 7) is 3.19. The molecule has 1 aliphatic heterocycles. The summed E-state index contributed by atoms with van der Waals surface area (Å²) < 4.78 is 6.42. The van der Waals surface area contributed by atoms with Gasteiger partial charge in [-0.25, -0.2) is 4.98 Å². The van der Waals surface area contributed by atoms with Crippen LogP contribution in [-0.4, -0.2) is 36.3 Å². The van der Waals surface area contributed by atoms with Gasteiger partial charge in [0, 0.05) is 19.0 Å². The minimum absolute atomic E-state index is 0.567. The van der Waals surface area contributed by atoms with Crippen molar-refractivity contribution in [2.75, 3.05) is 36.9 Å². The molecule has 1 aliphatic carbocycles. The number of nitrogen functional groups attached to an aromatic ring is 1. The molecule has 2 heterocycles. The molecule has 1 saturated heterocycles. The zero-order chi connectivity index (χ0) is 13.2. The van der Waals surface area contributed by atoms with Crippen molar-refractivity contribution >= 4 is 34.4 Å². The smallest absolute Gasteiger partial charge is 0.227 e. The van der Waals surface area contributed by atoms with E-state index in [1.54, 1.807) is 0 Å². The van der Waals surface area contributed by atoms with Crippen LogP contribution in [0.4, 0.5) is 11.8 Å². The van der Waals surface area contributed by atoms with E-state index in [0.29, 0.717) is 11.7 Å². The molecule has 0 atom stereocenters. The quantitative estimate of drug-likeness (QED) is 0.804. The van der Waals surface area contributed by atoms with E-state index in [2.05, 4.69) is 32.5 Å². The number of halogens is 1. The molecule has 19 heavy (non-hydrogen) atoms. The first-order valence-corrected chi connectivity index (χ1v) is 7.99. The minimum Gasteiger partial charge on any atom is -0.383 e. The Kier molecular flexibility index (Phi) is 4.07. The largest absolute Gasteiger partial charge is 0.383 e. The summed E-state index contributed by atoms with van der Waals surface area (Å²) in [6.07, 6.45) is 5.07. The number of rotatable bonds is 2. The van der Waals surface area contributed by atoms with Gasteiger partial charge in [-0.3, -0.25) is 0 Å². The Morgan fingerprint density at radius 3 is 2.53 bits per heavy atom. The molecular weight excluding hydrogens is 355 g/mol. The van der Waals surface area contributed by atoms with Gasteiger partial charge in [0.2, 0.25) is 5.95 Å². The normalized spacial score (nSPS) is 21.0. The SMILES string of the molecule is Nc1nc(N2CCOCC2)nc(C2CCCC2)c1I. The molecule has 2 N–H and O–H groups in total. The summed E-state index contributed by atoms with van der Waals surface area (Å²) in [6, 6.07) is 0. The maximum absolute atomic E-state index is 6.08. The number of aromatic nitrogens is 2. The van der Waals surface area contributed by atoms with Crippen LogP contribution in [0.3, 0.4) is 0 Å². The van der Waals surface area contributed by atoms with Crippen molar-refractivity contribution in [1.82, 2.24) is 9.97 Å². The van der Waals surface area contributed by atoms with Crippen molar-refractivity contribution in [3.63, 3.8) is 0 Å². The van der Waals surface area contributed by atoms with Crippen LogP contribution in [0.1, 0.15) is 37.3 Å². The van der Waals surface area contributed by atoms with E-state index in [9.17, 15) is 0 Å². The highest BCUT2D eigenvalue weighted by Crippen LogP contribution is 2.37. The van der Waals surface area contributed by atoms with Crippen LogP contribution in [0.25, 0.3) is 0 Å². The Balaban J connectivity index is 1.92. The Labute approximate surface area is 127 Å². The molecule has 5 nitrogen and oxygen atoms in total. The van der Waals surface area contributed by atoms with Crippen LogP contribution in [0.5, 0.6) is 0 Å². The summed E-state index contributed by atoms with van der Waals surface area (Å²) in [4.78, 5) is 11.4. The third-order valence-electron chi connectivity index (χ3n) is 3.93. The van der Waals surface area contributed by atoms with E-state index >= 15 is 0 Å². The van der Waals surface area contributed by atoms with Crippen LogP contribution in [0, 0.1) is 3.57 Å². The number of ether oxygens (including phenoxy) is 1. The van der Waals surface area contributed by atoms with Crippen molar-refractivity contribution in [3.05, 3.63) is 9.26 Å². The molecule has 0 unspecified atom stereocenters. The Hall–Kier alpha value is -0.630. The number of morpholine rings is 1. The van der Waals surface area contributed by atoms with Gasteiger partial charge in [0.25, 0.3) is 0 Å². The predicted molar refractivity (Wildman–Crippen MR) is 83.4 cm³/mol. The molecule has 0 spiro atoms. The number of nitrogens with zero attached hydrogens (tertiary/aromatic N) is 3. The highest BCUT2D eigenvalue weighted by molar-refractivity contribution is 14.1. The maximum Gasteiger partial charge on any atom is 0.227 e. The summed E-state index contributed by atoms with van der Waals surface area (Å²) in [5.41, 5.74) is 7.24. The summed E-state index contributed by atoms with van der Waals surface area (Å²) in [5.74, 6) is 1.97. The van der Waals surface area contributed by atoms with E-state index in [1.807, 2.05) is 0 Å². The van der Waals surface area contributed by atoms with Gasteiger partial charge in [-0.1, -0.05) is 12.8 Å². The van der Waals surface area contributed by atoms with Gasteiger partial charge in [-0.05, 0) is 35.4 Å². The Morgan fingerprint density at radius 2 is 1.84 bits per heavy atom. The first kappa shape index (κ1) is 13.4. The van der Waals surface area contributed by atoms with Gasteiger partial charge in [-0.2, -0.15) is 4.98 Å². The fraction of sp³-hybridized carbons (Fsp3) is 0.692. The number of hydrogen-bond donors (Lipinski definition) is 1. The van der Waals surface area contributed by atoms with Gasteiger partial charge < -0.3 is 15.4 Å². The third kappa shape index (κ3) is 2.79.